The van der Waals surface area contributed by atoms with Crippen molar-refractivity contribution >= 4 is 19.8 Å². The fraction of sp³-hybridized carbons (Fsp3) is 0.783. The molecule has 0 aromatic carbocycles. The summed E-state index contributed by atoms with van der Waals surface area (Å²) in [4.78, 5) is 34.8. The number of esters is 2. The maximum Gasteiger partial charge on any atom is 0.472 e. The lowest BCUT2D eigenvalue weighted by Crippen LogP contribution is -2.29. The molecule has 0 spiro atoms. The normalized spacial score (nSPS) is 13.7. The van der Waals surface area contributed by atoms with E-state index in [1.165, 1.54) is 96.3 Å². The summed E-state index contributed by atoms with van der Waals surface area (Å²) in [7, 11) is -4.29. The summed E-state index contributed by atoms with van der Waals surface area (Å²) in [6.07, 6.45) is 48.7. The average molecular weight is 795 g/mol. The Hall–Kier alpha value is -1.99. The van der Waals surface area contributed by atoms with E-state index >= 15 is 0 Å². The summed E-state index contributed by atoms with van der Waals surface area (Å²) in [5, 5.41) is 0. The number of phosphoric acid groups is 1. The van der Waals surface area contributed by atoms with Gasteiger partial charge in [-0.3, -0.25) is 18.6 Å². The standard InChI is InChI=1S/C46H83O8P/c1-4-7-9-11-13-15-17-19-21-23-25-27-29-31-33-35-37-39-41-46(48)54-44(43-53-55(49,50)52-6-3)42-51-45(47)40-38-36-34-32-30-28-26-24-22-20-18-16-14-12-10-8-5-2/h14-17,20-23,44H,4-13,18-19,24-43H2,1-3H3,(H,49,50)/b16-14-,17-15-,22-20-,23-21-. The number of hydrogen-bond donors (Lipinski definition) is 1. The van der Waals surface area contributed by atoms with Crippen LogP contribution in [-0.4, -0.2) is 42.8 Å². The largest absolute Gasteiger partial charge is 0.472 e. The molecule has 0 radical (unpaired) electrons. The van der Waals surface area contributed by atoms with Gasteiger partial charge in [0.25, 0.3) is 0 Å². The SMILES string of the molecule is CCCCC/C=C\C/C=C\CCCCCCCCCC(=O)OCC(COP(=O)(O)OCC)OC(=O)CCCCCCCCC/C=C\C/C=C\CCCCCC. The summed E-state index contributed by atoms with van der Waals surface area (Å²) < 4.78 is 32.7. The zero-order chi connectivity index (χ0) is 40.3. The van der Waals surface area contributed by atoms with Gasteiger partial charge in [-0.25, -0.2) is 4.57 Å². The molecular formula is C46H83O8P. The van der Waals surface area contributed by atoms with Gasteiger partial charge in [-0.05, 0) is 84.0 Å². The van der Waals surface area contributed by atoms with Crippen molar-refractivity contribution in [2.75, 3.05) is 19.8 Å². The molecule has 0 aliphatic heterocycles. The highest BCUT2D eigenvalue weighted by molar-refractivity contribution is 7.47. The van der Waals surface area contributed by atoms with E-state index in [9.17, 15) is 19.0 Å². The first kappa shape index (κ1) is 53.0. The minimum absolute atomic E-state index is 0.00382. The topological polar surface area (TPSA) is 108 Å². The van der Waals surface area contributed by atoms with Crippen molar-refractivity contribution in [2.24, 2.45) is 0 Å². The van der Waals surface area contributed by atoms with Gasteiger partial charge in [-0.15, -0.1) is 0 Å². The molecule has 9 heteroatoms. The van der Waals surface area contributed by atoms with Crippen LogP contribution in [0.15, 0.2) is 48.6 Å². The minimum Gasteiger partial charge on any atom is -0.462 e. The second-order valence-corrected chi connectivity index (χ2v) is 16.2. The van der Waals surface area contributed by atoms with Crippen molar-refractivity contribution in [1.29, 1.82) is 0 Å². The van der Waals surface area contributed by atoms with Gasteiger partial charge in [-0.1, -0.05) is 159 Å². The van der Waals surface area contributed by atoms with E-state index in [0.29, 0.717) is 6.42 Å². The third-order valence-corrected chi connectivity index (χ3v) is 10.4. The fourth-order valence-electron chi connectivity index (χ4n) is 6.04. The number of rotatable bonds is 41. The van der Waals surface area contributed by atoms with E-state index in [-0.39, 0.29) is 32.0 Å². The molecular weight excluding hydrogens is 711 g/mol. The second-order valence-electron chi connectivity index (χ2n) is 14.7. The van der Waals surface area contributed by atoms with Gasteiger partial charge >= 0.3 is 19.8 Å². The maximum atomic E-state index is 12.6. The van der Waals surface area contributed by atoms with E-state index in [0.717, 1.165) is 70.6 Å². The molecule has 55 heavy (non-hydrogen) atoms. The van der Waals surface area contributed by atoms with Crippen LogP contribution in [0.4, 0.5) is 0 Å². The predicted molar refractivity (Wildman–Crippen MR) is 230 cm³/mol. The molecule has 0 saturated heterocycles. The van der Waals surface area contributed by atoms with E-state index in [4.69, 9.17) is 18.5 Å². The van der Waals surface area contributed by atoms with Crippen LogP contribution in [0.5, 0.6) is 0 Å². The molecule has 0 heterocycles. The third-order valence-electron chi connectivity index (χ3n) is 9.36. The van der Waals surface area contributed by atoms with Gasteiger partial charge < -0.3 is 14.4 Å². The van der Waals surface area contributed by atoms with Gasteiger partial charge in [0, 0.05) is 12.8 Å². The Balaban J connectivity index is 4.09. The van der Waals surface area contributed by atoms with Crippen LogP contribution < -0.4 is 0 Å². The molecule has 8 nitrogen and oxygen atoms in total. The Morgan fingerprint density at radius 3 is 1.33 bits per heavy atom. The van der Waals surface area contributed by atoms with Crippen LogP contribution >= 0.6 is 7.82 Å². The van der Waals surface area contributed by atoms with Gasteiger partial charge in [-0.2, -0.15) is 0 Å². The van der Waals surface area contributed by atoms with E-state index < -0.39 is 26.5 Å². The number of carbonyl (C=O) groups excluding carboxylic acids is 2. The molecule has 0 aliphatic rings. The molecule has 0 saturated carbocycles. The molecule has 0 bridgehead atoms. The number of ether oxygens (including phenoxy) is 2. The van der Waals surface area contributed by atoms with Gasteiger partial charge in [0.1, 0.15) is 6.61 Å². The fourth-order valence-corrected chi connectivity index (χ4v) is 6.80. The molecule has 0 rings (SSSR count). The lowest BCUT2D eigenvalue weighted by atomic mass is 10.1. The first-order chi connectivity index (χ1) is 26.8. The number of phosphoric ester groups is 1. The molecule has 2 atom stereocenters. The molecule has 320 valence electrons. The van der Waals surface area contributed by atoms with Crippen molar-refractivity contribution in [2.45, 2.75) is 213 Å². The van der Waals surface area contributed by atoms with Crippen LogP contribution in [0, 0.1) is 0 Å². The summed E-state index contributed by atoms with van der Waals surface area (Å²) in [5.41, 5.74) is 0. The summed E-state index contributed by atoms with van der Waals surface area (Å²) >= 11 is 0. The minimum atomic E-state index is -4.29. The highest BCUT2D eigenvalue weighted by atomic mass is 31.2. The van der Waals surface area contributed by atoms with Crippen LogP contribution in [0.25, 0.3) is 0 Å². The van der Waals surface area contributed by atoms with Crippen LogP contribution in [0.2, 0.25) is 0 Å². The van der Waals surface area contributed by atoms with Crippen molar-refractivity contribution in [1.82, 2.24) is 0 Å². The molecule has 0 aliphatic carbocycles. The van der Waals surface area contributed by atoms with Gasteiger partial charge in [0.2, 0.25) is 0 Å². The Morgan fingerprint density at radius 1 is 0.491 bits per heavy atom. The summed E-state index contributed by atoms with van der Waals surface area (Å²) in [6, 6.07) is 0. The molecule has 0 aromatic heterocycles. The van der Waals surface area contributed by atoms with Crippen molar-refractivity contribution in [3.63, 3.8) is 0 Å². The number of hydrogen-bond acceptors (Lipinski definition) is 7. The van der Waals surface area contributed by atoms with Gasteiger partial charge in [0.15, 0.2) is 6.10 Å². The zero-order valence-corrected chi connectivity index (χ0v) is 36.5. The van der Waals surface area contributed by atoms with Crippen molar-refractivity contribution in [3.05, 3.63) is 48.6 Å². The molecule has 0 fully saturated rings. The molecule has 0 aromatic rings. The Bertz CT molecular complexity index is 1040. The lowest BCUT2D eigenvalue weighted by Gasteiger charge is -2.19. The Labute approximate surface area is 338 Å². The first-order valence-corrected chi connectivity index (χ1v) is 23.9. The van der Waals surface area contributed by atoms with Crippen LogP contribution in [-0.2, 0) is 32.7 Å². The first-order valence-electron chi connectivity index (χ1n) is 22.4. The number of unbranched alkanes of at least 4 members (excludes halogenated alkanes) is 21. The van der Waals surface area contributed by atoms with Gasteiger partial charge in [0.05, 0.1) is 13.2 Å². The third kappa shape index (κ3) is 41.5. The molecule has 2 unspecified atom stereocenters. The van der Waals surface area contributed by atoms with Crippen molar-refractivity contribution < 1.29 is 37.6 Å². The average Bonchev–Trinajstić information content (AvgIpc) is 3.16. The zero-order valence-electron chi connectivity index (χ0n) is 35.6. The van der Waals surface area contributed by atoms with Crippen LogP contribution in [0.1, 0.15) is 207 Å². The van der Waals surface area contributed by atoms with Crippen molar-refractivity contribution in [3.8, 4) is 0 Å². The number of allylic oxidation sites excluding steroid dienone is 8. The highest BCUT2D eigenvalue weighted by Crippen LogP contribution is 2.43. The maximum absolute atomic E-state index is 12.6. The second kappa shape index (κ2) is 41.6. The van der Waals surface area contributed by atoms with Crippen LogP contribution in [0.3, 0.4) is 0 Å². The molecule has 1 N–H and O–H groups in total. The highest BCUT2D eigenvalue weighted by Gasteiger charge is 2.25. The monoisotopic (exact) mass is 795 g/mol. The molecule has 0 amide bonds. The van der Waals surface area contributed by atoms with E-state index in [2.05, 4.69) is 62.5 Å². The lowest BCUT2D eigenvalue weighted by molar-refractivity contribution is -0.161. The Morgan fingerprint density at radius 2 is 0.873 bits per heavy atom. The summed E-state index contributed by atoms with van der Waals surface area (Å²) in [5.74, 6) is -0.814. The van der Waals surface area contributed by atoms with E-state index in [1.54, 1.807) is 6.92 Å². The quantitative estimate of drug-likeness (QED) is 0.0282. The summed E-state index contributed by atoms with van der Waals surface area (Å²) in [6.45, 7) is 5.42. The Kier molecular flexibility index (Phi) is 40.1. The van der Waals surface area contributed by atoms with E-state index in [1.807, 2.05) is 0 Å². The predicted octanol–water partition coefficient (Wildman–Crippen LogP) is 14.2. The number of carbonyl (C=O) groups is 2. The smallest absolute Gasteiger partial charge is 0.462 e.